The molecule has 150 valence electrons. The fourth-order valence-corrected chi connectivity index (χ4v) is 3.52. The van der Waals surface area contributed by atoms with Gasteiger partial charge in [0.05, 0.1) is 10.5 Å². The van der Waals surface area contributed by atoms with Crippen molar-refractivity contribution in [3.8, 4) is 0 Å². The first kappa shape index (κ1) is 21.6. The minimum absolute atomic E-state index is 0.0544. The summed E-state index contributed by atoms with van der Waals surface area (Å²) in [6, 6.07) is 9.85. The van der Waals surface area contributed by atoms with Gasteiger partial charge in [-0.3, -0.25) is 4.79 Å². The molecule has 0 aliphatic rings. The molecule has 0 atom stereocenters. The van der Waals surface area contributed by atoms with E-state index in [-0.39, 0.29) is 16.5 Å². The predicted octanol–water partition coefficient (Wildman–Crippen LogP) is 4.04. The van der Waals surface area contributed by atoms with E-state index in [1.807, 2.05) is 0 Å². The smallest absolute Gasteiger partial charge is 0.323 e. The number of sulfonamides is 1. The number of carbonyl (C=O) groups is 1. The Morgan fingerprint density at radius 2 is 1.71 bits per heavy atom. The monoisotopic (exact) mass is 412 g/mol. The molecule has 0 heterocycles. The lowest BCUT2D eigenvalue weighted by Crippen LogP contribution is -2.30. The van der Waals surface area contributed by atoms with E-state index in [2.05, 4.69) is 10.0 Å². The maximum absolute atomic E-state index is 12.7. The van der Waals surface area contributed by atoms with Gasteiger partial charge in [0.15, 0.2) is 0 Å². The van der Waals surface area contributed by atoms with Gasteiger partial charge in [-0.2, -0.15) is 13.2 Å². The summed E-state index contributed by atoms with van der Waals surface area (Å²) in [5.41, 5.74) is -0.227. The van der Waals surface area contributed by atoms with Gasteiger partial charge >= 0.3 is 6.18 Å². The van der Waals surface area contributed by atoms with Gasteiger partial charge in [-0.25, -0.2) is 13.1 Å². The van der Waals surface area contributed by atoms with E-state index in [0.29, 0.717) is 5.69 Å². The molecule has 2 aromatic carbocycles. The topological polar surface area (TPSA) is 75.3 Å². The lowest BCUT2D eigenvalue weighted by atomic mass is 10.1. The Balaban J connectivity index is 2.05. The van der Waals surface area contributed by atoms with Crippen LogP contribution in [0.15, 0.2) is 59.5 Å². The molecule has 0 aliphatic carbocycles. The zero-order valence-electron chi connectivity index (χ0n) is 15.1. The Hall–Kier alpha value is -2.65. The molecule has 0 saturated carbocycles. The third-order valence-corrected chi connectivity index (χ3v) is 5.14. The van der Waals surface area contributed by atoms with Gasteiger partial charge in [0.1, 0.15) is 0 Å². The van der Waals surface area contributed by atoms with Crippen molar-refractivity contribution in [1.82, 2.24) is 4.72 Å². The van der Waals surface area contributed by atoms with Crippen LogP contribution in [0.4, 0.5) is 18.9 Å². The molecule has 1 amide bonds. The number of nitrogens with one attached hydrogen (secondary N) is 2. The Morgan fingerprint density at radius 1 is 1.07 bits per heavy atom. The summed E-state index contributed by atoms with van der Waals surface area (Å²) in [6.07, 6.45) is -2.10. The van der Waals surface area contributed by atoms with Crippen molar-refractivity contribution in [1.29, 1.82) is 0 Å². The van der Waals surface area contributed by atoms with Gasteiger partial charge < -0.3 is 5.32 Å². The SMILES string of the molecule is CC(C)NS(=O)(=O)c1ccc(NC(=O)/C=C/c2cccc(C(F)(F)F)c2)cc1. The highest BCUT2D eigenvalue weighted by Gasteiger charge is 2.30. The van der Waals surface area contributed by atoms with E-state index in [4.69, 9.17) is 0 Å². The van der Waals surface area contributed by atoms with E-state index in [1.54, 1.807) is 13.8 Å². The number of benzene rings is 2. The minimum Gasteiger partial charge on any atom is -0.323 e. The molecular weight excluding hydrogens is 393 g/mol. The van der Waals surface area contributed by atoms with Crippen molar-refractivity contribution in [3.63, 3.8) is 0 Å². The molecule has 5 nitrogen and oxygen atoms in total. The average Bonchev–Trinajstić information content (AvgIpc) is 2.59. The number of rotatable bonds is 6. The first-order valence-corrected chi connectivity index (χ1v) is 9.74. The third-order valence-electron chi connectivity index (χ3n) is 3.46. The quantitative estimate of drug-likeness (QED) is 0.703. The number of anilines is 1. The van der Waals surface area contributed by atoms with Crippen LogP contribution >= 0.6 is 0 Å². The summed E-state index contributed by atoms with van der Waals surface area (Å²) >= 11 is 0. The second kappa shape index (κ2) is 8.57. The first-order valence-electron chi connectivity index (χ1n) is 8.26. The van der Waals surface area contributed by atoms with E-state index in [1.165, 1.54) is 42.5 Å². The molecule has 2 N–H and O–H groups in total. The van der Waals surface area contributed by atoms with E-state index < -0.39 is 27.7 Å². The van der Waals surface area contributed by atoms with Crippen molar-refractivity contribution >= 4 is 27.7 Å². The Morgan fingerprint density at radius 3 is 2.29 bits per heavy atom. The molecular formula is C19H19F3N2O3S. The Labute approximate surface area is 161 Å². The highest BCUT2D eigenvalue weighted by Crippen LogP contribution is 2.29. The third kappa shape index (κ3) is 6.21. The number of amides is 1. The number of carbonyl (C=O) groups excluding carboxylic acids is 1. The first-order chi connectivity index (χ1) is 13.0. The van der Waals surface area contributed by atoms with Gasteiger partial charge in [0.25, 0.3) is 0 Å². The van der Waals surface area contributed by atoms with Crippen LogP contribution in [0.3, 0.4) is 0 Å². The lowest BCUT2D eigenvalue weighted by molar-refractivity contribution is -0.137. The molecule has 9 heteroatoms. The van der Waals surface area contributed by atoms with E-state index in [0.717, 1.165) is 18.2 Å². The molecule has 2 rings (SSSR count). The molecule has 0 saturated heterocycles. The summed E-state index contributed by atoms with van der Waals surface area (Å²) in [5, 5.41) is 2.51. The molecule has 0 bridgehead atoms. The molecule has 2 aromatic rings. The molecule has 0 fully saturated rings. The normalized spacial score (nSPS) is 12.5. The Bertz CT molecular complexity index is 967. The zero-order valence-corrected chi connectivity index (χ0v) is 15.9. The van der Waals surface area contributed by atoms with Crippen LogP contribution in [0.1, 0.15) is 25.0 Å². The second-order valence-corrected chi connectivity index (χ2v) is 7.96. The minimum atomic E-state index is -4.46. The van der Waals surface area contributed by atoms with Crippen molar-refractivity contribution < 1.29 is 26.4 Å². The standard InChI is InChI=1S/C19H19F3N2O3S/c1-13(2)24-28(26,27)17-9-7-16(8-10-17)23-18(25)11-6-14-4-3-5-15(12-14)19(20,21)22/h3-13,24H,1-2H3,(H,23,25)/b11-6+. The fourth-order valence-electron chi connectivity index (χ4n) is 2.27. The molecule has 28 heavy (non-hydrogen) atoms. The summed E-state index contributed by atoms with van der Waals surface area (Å²) in [5.74, 6) is -0.562. The van der Waals surface area contributed by atoms with Crippen LogP contribution in [0, 0.1) is 0 Å². The molecule has 0 spiro atoms. The maximum atomic E-state index is 12.7. The van der Waals surface area contributed by atoms with Gasteiger partial charge in [0.2, 0.25) is 15.9 Å². The largest absolute Gasteiger partial charge is 0.416 e. The molecule has 0 unspecified atom stereocenters. The number of alkyl halides is 3. The number of hydrogen-bond donors (Lipinski definition) is 2. The number of halogens is 3. The van der Waals surface area contributed by atoms with Gasteiger partial charge in [-0.1, -0.05) is 12.1 Å². The highest BCUT2D eigenvalue weighted by atomic mass is 32.2. The summed E-state index contributed by atoms with van der Waals surface area (Å²) in [6.45, 7) is 3.39. The van der Waals surface area contributed by atoms with Crippen LogP contribution in [0.25, 0.3) is 6.08 Å². The maximum Gasteiger partial charge on any atom is 0.416 e. The van der Waals surface area contributed by atoms with Crippen molar-refractivity contribution in [2.45, 2.75) is 31.0 Å². The average molecular weight is 412 g/mol. The summed E-state index contributed by atoms with van der Waals surface area (Å²) < 4.78 is 64.6. The number of hydrogen-bond acceptors (Lipinski definition) is 3. The highest BCUT2D eigenvalue weighted by molar-refractivity contribution is 7.89. The summed E-state index contributed by atoms with van der Waals surface area (Å²) in [7, 11) is -3.64. The zero-order chi connectivity index (χ0) is 20.9. The van der Waals surface area contributed by atoms with Crippen molar-refractivity contribution in [3.05, 3.63) is 65.7 Å². The van der Waals surface area contributed by atoms with E-state index >= 15 is 0 Å². The molecule has 0 aromatic heterocycles. The van der Waals surface area contributed by atoms with Crippen molar-refractivity contribution in [2.24, 2.45) is 0 Å². The second-order valence-electron chi connectivity index (χ2n) is 6.25. The van der Waals surface area contributed by atoms with Gasteiger partial charge in [-0.15, -0.1) is 0 Å². The van der Waals surface area contributed by atoms with Gasteiger partial charge in [0, 0.05) is 17.8 Å². The van der Waals surface area contributed by atoms with Crippen LogP contribution in [0.2, 0.25) is 0 Å². The summed E-state index contributed by atoms with van der Waals surface area (Å²) in [4.78, 5) is 12.0. The lowest BCUT2D eigenvalue weighted by Gasteiger charge is -2.10. The van der Waals surface area contributed by atoms with Crippen LogP contribution < -0.4 is 10.0 Å². The molecule has 0 aliphatic heterocycles. The van der Waals surface area contributed by atoms with Crippen LogP contribution in [0.5, 0.6) is 0 Å². The van der Waals surface area contributed by atoms with Crippen LogP contribution in [-0.4, -0.2) is 20.4 Å². The fraction of sp³-hybridized carbons (Fsp3) is 0.211. The van der Waals surface area contributed by atoms with Crippen LogP contribution in [-0.2, 0) is 21.0 Å². The van der Waals surface area contributed by atoms with Gasteiger partial charge in [-0.05, 0) is 61.9 Å². The Kier molecular flexibility index (Phi) is 6.63. The predicted molar refractivity (Wildman–Crippen MR) is 101 cm³/mol. The molecule has 0 radical (unpaired) electrons. The van der Waals surface area contributed by atoms with Crippen molar-refractivity contribution in [2.75, 3.05) is 5.32 Å². The van der Waals surface area contributed by atoms with E-state index in [9.17, 15) is 26.4 Å².